The van der Waals surface area contributed by atoms with Crippen molar-refractivity contribution in [3.8, 4) is 17.1 Å². The van der Waals surface area contributed by atoms with Crippen LogP contribution in [0.15, 0.2) is 43.0 Å². The number of ether oxygens (including phenoxy) is 1. The van der Waals surface area contributed by atoms with E-state index in [1.807, 2.05) is 36.2 Å². The molecule has 4 heterocycles. The number of pyridine rings is 1. The van der Waals surface area contributed by atoms with E-state index in [-0.39, 0.29) is 6.01 Å². The van der Waals surface area contributed by atoms with Crippen LogP contribution in [0, 0.1) is 6.92 Å². The number of benzene rings is 1. The summed E-state index contributed by atoms with van der Waals surface area (Å²) in [5, 5.41) is 8.18. The van der Waals surface area contributed by atoms with Crippen molar-refractivity contribution < 1.29 is 13.9 Å². The minimum atomic E-state index is -0.949. The lowest BCUT2D eigenvalue weighted by molar-refractivity contribution is -0.128. The Balaban J connectivity index is 1.55. The van der Waals surface area contributed by atoms with Gasteiger partial charge in [-0.05, 0) is 30.2 Å². The molecular weight excluding hydrogens is 425 g/mol. The van der Waals surface area contributed by atoms with E-state index < -0.39 is 11.7 Å². The summed E-state index contributed by atoms with van der Waals surface area (Å²) >= 11 is 0. The molecule has 1 aliphatic rings. The number of nitrogens with one attached hydrogen (secondary N) is 1. The molecule has 168 valence electrons. The van der Waals surface area contributed by atoms with Crippen LogP contribution < -0.4 is 9.64 Å². The summed E-state index contributed by atoms with van der Waals surface area (Å²) in [4.78, 5) is 29.1. The third-order valence-electron chi connectivity index (χ3n) is 5.90. The van der Waals surface area contributed by atoms with E-state index in [2.05, 4.69) is 26.7 Å². The van der Waals surface area contributed by atoms with Crippen LogP contribution >= 0.6 is 0 Å². The quantitative estimate of drug-likeness (QED) is 0.480. The summed E-state index contributed by atoms with van der Waals surface area (Å²) in [5.41, 5.74) is 5.27. The van der Waals surface area contributed by atoms with Crippen LogP contribution in [0.1, 0.15) is 5.56 Å². The zero-order chi connectivity index (χ0) is 23.1. The van der Waals surface area contributed by atoms with E-state index in [4.69, 9.17) is 9.72 Å². The van der Waals surface area contributed by atoms with Crippen LogP contribution in [-0.4, -0.2) is 69.2 Å². The molecule has 10 heteroatoms. The predicted molar refractivity (Wildman–Crippen MR) is 123 cm³/mol. The molecule has 4 aromatic rings. The fourth-order valence-corrected chi connectivity index (χ4v) is 4.23. The number of amides is 1. The van der Waals surface area contributed by atoms with E-state index in [0.29, 0.717) is 43.0 Å². The lowest BCUT2D eigenvalue weighted by Gasteiger charge is -2.35. The molecule has 0 aliphatic carbocycles. The number of hydrogen-bond donors (Lipinski definition) is 1. The Hall–Kier alpha value is -4.08. The molecular formula is C23H22FN7O2. The molecule has 5 rings (SSSR count). The summed E-state index contributed by atoms with van der Waals surface area (Å²) in [6.45, 7) is 6.82. The Bertz CT molecular complexity index is 1390. The maximum Gasteiger partial charge on any atom is 0.318 e. The van der Waals surface area contributed by atoms with Crippen LogP contribution in [0.2, 0.25) is 0 Å². The Labute approximate surface area is 188 Å². The fraction of sp³-hybridized carbons (Fsp3) is 0.261. The van der Waals surface area contributed by atoms with Gasteiger partial charge in [-0.1, -0.05) is 12.6 Å². The Morgan fingerprint density at radius 2 is 1.97 bits per heavy atom. The molecule has 1 fully saturated rings. The Morgan fingerprint density at radius 3 is 2.70 bits per heavy atom. The van der Waals surface area contributed by atoms with E-state index in [9.17, 15) is 9.18 Å². The molecule has 0 spiro atoms. The molecule has 1 aromatic carbocycles. The fourth-order valence-electron chi connectivity index (χ4n) is 4.23. The highest BCUT2D eigenvalue weighted by Gasteiger charge is 2.26. The second-order valence-corrected chi connectivity index (χ2v) is 7.90. The lowest BCUT2D eigenvalue weighted by Crippen LogP contribution is -2.49. The average Bonchev–Trinajstić information content (AvgIpc) is 3.31. The molecule has 0 radical (unpaired) electrons. The van der Waals surface area contributed by atoms with Gasteiger partial charge in [-0.3, -0.25) is 14.9 Å². The highest BCUT2D eigenvalue weighted by molar-refractivity contribution is 5.98. The van der Waals surface area contributed by atoms with Gasteiger partial charge in [0.25, 0.3) is 5.91 Å². The monoisotopic (exact) mass is 447 g/mol. The minimum absolute atomic E-state index is 0.227. The van der Waals surface area contributed by atoms with Crippen molar-refractivity contribution in [3.05, 3.63) is 48.6 Å². The normalized spacial score (nSPS) is 14.2. The number of rotatable bonds is 4. The van der Waals surface area contributed by atoms with E-state index >= 15 is 0 Å². The summed E-state index contributed by atoms with van der Waals surface area (Å²) < 4.78 is 18.6. The van der Waals surface area contributed by atoms with Crippen molar-refractivity contribution in [2.45, 2.75) is 6.92 Å². The molecule has 0 saturated carbocycles. The van der Waals surface area contributed by atoms with Crippen LogP contribution in [0.4, 0.5) is 10.2 Å². The van der Waals surface area contributed by atoms with Crippen LogP contribution in [0.5, 0.6) is 6.01 Å². The number of halogens is 1. The zero-order valence-electron chi connectivity index (χ0n) is 18.3. The largest absolute Gasteiger partial charge is 0.467 e. The molecule has 0 atom stereocenters. The van der Waals surface area contributed by atoms with Crippen LogP contribution in [-0.2, 0) is 4.79 Å². The number of H-pyrrole nitrogens is 1. The number of nitrogens with zero attached hydrogens (tertiary/aromatic N) is 6. The molecule has 33 heavy (non-hydrogen) atoms. The van der Waals surface area contributed by atoms with Gasteiger partial charge in [-0.2, -0.15) is 15.1 Å². The maximum absolute atomic E-state index is 13.2. The molecule has 9 nitrogen and oxygen atoms in total. The van der Waals surface area contributed by atoms with Gasteiger partial charge in [0.15, 0.2) is 11.6 Å². The number of piperazine rings is 1. The summed E-state index contributed by atoms with van der Waals surface area (Å²) in [7, 11) is 1.52. The van der Waals surface area contributed by atoms with Gasteiger partial charge >= 0.3 is 6.01 Å². The van der Waals surface area contributed by atoms with E-state index in [0.717, 1.165) is 27.6 Å². The van der Waals surface area contributed by atoms with Crippen LogP contribution in [0.25, 0.3) is 33.1 Å². The van der Waals surface area contributed by atoms with Crippen molar-refractivity contribution in [2.24, 2.45) is 0 Å². The van der Waals surface area contributed by atoms with E-state index in [1.54, 1.807) is 6.20 Å². The lowest BCUT2D eigenvalue weighted by atomic mass is 9.98. The highest BCUT2D eigenvalue weighted by Crippen LogP contribution is 2.34. The number of anilines is 1. The van der Waals surface area contributed by atoms with Gasteiger partial charge < -0.3 is 14.5 Å². The Morgan fingerprint density at radius 1 is 1.18 bits per heavy atom. The van der Waals surface area contributed by atoms with Crippen molar-refractivity contribution in [3.63, 3.8) is 0 Å². The SMILES string of the molecule is C=C(F)C(=O)N1CCN(c2nc(OC)nc3cc(-c4c(C)ccc5[nH]ncc45)cnc23)CC1. The molecule has 1 N–H and O–H groups in total. The number of hydrogen-bond acceptors (Lipinski definition) is 7. The number of carbonyl (C=O) groups excluding carboxylic acids is 1. The first-order chi connectivity index (χ1) is 16.0. The van der Waals surface area contributed by atoms with Gasteiger partial charge in [-0.25, -0.2) is 4.39 Å². The smallest absolute Gasteiger partial charge is 0.318 e. The minimum Gasteiger partial charge on any atom is -0.467 e. The third-order valence-corrected chi connectivity index (χ3v) is 5.90. The van der Waals surface area contributed by atoms with Crippen molar-refractivity contribution in [1.29, 1.82) is 0 Å². The first kappa shape index (κ1) is 20.8. The molecule has 1 aliphatic heterocycles. The van der Waals surface area contributed by atoms with Gasteiger partial charge in [0.05, 0.1) is 24.3 Å². The predicted octanol–water partition coefficient (Wildman–Crippen LogP) is 3.02. The van der Waals surface area contributed by atoms with Gasteiger partial charge in [0.2, 0.25) is 0 Å². The topological polar surface area (TPSA) is 100 Å². The number of aromatic nitrogens is 5. The number of carbonyl (C=O) groups is 1. The van der Waals surface area contributed by atoms with Gasteiger partial charge in [0.1, 0.15) is 5.52 Å². The van der Waals surface area contributed by atoms with Gasteiger partial charge in [-0.15, -0.1) is 0 Å². The first-order valence-corrected chi connectivity index (χ1v) is 10.5. The molecule has 1 amide bonds. The number of aromatic amines is 1. The standard InChI is InChI=1S/C23H22FN7O2/c1-13-4-5-17-16(12-26-29-17)19(13)15-10-18-20(25-11-15)21(28-23(27-18)33-3)30-6-8-31(9-7-30)22(32)14(2)24/h4-5,10-12H,2,6-9H2,1,3H3,(H,26,29). The molecule has 0 unspecified atom stereocenters. The number of aryl methyl sites for hydroxylation is 1. The first-order valence-electron chi connectivity index (χ1n) is 10.5. The summed E-state index contributed by atoms with van der Waals surface area (Å²) in [6, 6.07) is 6.24. The maximum atomic E-state index is 13.2. The molecule has 3 aromatic heterocycles. The molecule has 1 saturated heterocycles. The second-order valence-electron chi connectivity index (χ2n) is 7.90. The van der Waals surface area contributed by atoms with Crippen molar-refractivity contribution in [1.82, 2.24) is 30.0 Å². The van der Waals surface area contributed by atoms with Crippen molar-refractivity contribution in [2.75, 3.05) is 38.2 Å². The zero-order valence-corrected chi connectivity index (χ0v) is 18.3. The second kappa shape index (κ2) is 8.12. The third kappa shape index (κ3) is 3.63. The van der Waals surface area contributed by atoms with Crippen molar-refractivity contribution >= 4 is 33.7 Å². The summed E-state index contributed by atoms with van der Waals surface area (Å²) in [6.07, 6.45) is 3.62. The molecule has 0 bridgehead atoms. The Kier molecular flexibility index (Phi) is 5.12. The van der Waals surface area contributed by atoms with Gasteiger partial charge in [0, 0.05) is 43.3 Å². The van der Waals surface area contributed by atoms with Crippen LogP contribution in [0.3, 0.4) is 0 Å². The highest BCUT2D eigenvalue weighted by atomic mass is 19.1. The average molecular weight is 447 g/mol. The number of fused-ring (bicyclic) bond motifs is 2. The number of methoxy groups -OCH3 is 1. The van der Waals surface area contributed by atoms with E-state index in [1.165, 1.54) is 12.0 Å². The summed E-state index contributed by atoms with van der Waals surface area (Å²) in [5.74, 6) is -1.01.